The van der Waals surface area contributed by atoms with Crippen LogP contribution in [0.2, 0.25) is 0 Å². The fourth-order valence-electron chi connectivity index (χ4n) is 0.416. The minimum absolute atomic E-state index is 0.136. The van der Waals surface area contributed by atoms with Crippen LogP contribution in [0, 0.1) is 12.3 Å². The predicted octanol–water partition coefficient (Wildman–Crippen LogP) is -1.44. The molecule has 54 valence electrons. The molecule has 0 aromatic heterocycles. The van der Waals surface area contributed by atoms with Crippen molar-refractivity contribution in [2.45, 2.75) is 0 Å². The van der Waals surface area contributed by atoms with Crippen LogP contribution < -0.4 is 5.73 Å². The van der Waals surface area contributed by atoms with Gasteiger partial charge in [0, 0.05) is 7.05 Å². The first kappa shape index (κ1) is 8.50. The molecule has 2 amide bonds. The summed E-state index contributed by atoms with van der Waals surface area (Å²) in [5, 5.41) is 0. The largest absolute Gasteiger partial charge is 0.368 e. The molecule has 0 saturated carbocycles. The van der Waals surface area contributed by atoms with Gasteiger partial charge in [-0.2, -0.15) is 0 Å². The third-order valence-corrected chi connectivity index (χ3v) is 0.863. The SMILES string of the molecule is C#CC(=O)N(C)CC(N)=O. The van der Waals surface area contributed by atoms with E-state index in [2.05, 4.69) is 0 Å². The van der Waals surface area contributed by atoms with Crippen LogP contribution in [-0.4, -0.2) is 30.3 Å². The summed E-state index contributed by atoms with van der Waals surface area (Å²) in [4.78, 5) is 21.8. The Morgan fingerprint density at radius 1 is 1.70 bits per heavy atom. The molecule has 0 unspecified atom stereocenters. The number of carbonyl (C=O) groups excluding carboxylic acids is 2. The van der Waals surface area contributed by atoms with E-state index in [0.717, 1.165) is 4.90 Å². The third kappa shape index (κ3) is 2.72. The molecule has 0 aliphatic heterocycles. The van der Waals surface area contributed by atoms with E-state index >= 15 is 0 Å². The molecule has 2 N–H and O–H groups in total. The van der Waals surface area contributed by atoms with Crippen LogP contribution in [0.25, 0.3) is 0 Å². The van der Waals surface area contributed by atoms with E-state index in [0.29, 0.717) is 0 Å². The molecular formula is C6H8N2O2. The number of likely N-dealkylation sites (N-methyl/N-ethyl adjacent to an activating group) is 1. The monoisotopic (exact) mass is 140 g/mol. The van der Waals surface area contributed by atoms with Gasteiger partial charge in [-0.15, -0.1) is 6.42 Å². The van der Waals surface area contributed by atoms with Gasteiger partial charge in [-0.3, -0.25) is 9.59 Å². The van der Waals surface area contributed by atoms with Crippen molar-refractivity contribution in [1.82, 2.24) is 4.90 Å². The van der Waals surface area contributed by atoms with Gasteiger partial charge in [0.15, 0.2) is 0 Å². The molecule has 0 aliphatic rings. The zero-order chi connectivity index (χ0) is 8.15. The van der Waals surface area contributed by atoms with Crippen molar-refractivity contribution in [3.05, 3.63) is 0 Å². The van der Waals surface area contributed by atoms with Crippen LogP contribution in [-0.2, 0) is 9.59 Å². The fourth-order valence-corrected chi connectivity index (χ4v) is 0.416. The number of nitrogens with zero attached hydrogens (tertiary/aromatic N) is 1. The van der Waals surface area contributed by atoms with Crippen LogP contribution in [0.4, 0.5) is 0 Å². The van der Waals surface area contributed by atoms with Crippen molar-refractivity contribution in [3.8, 4) is 12.3 Å². The minimum atomic E-state index is -0.578. The van der Waals surface area contributed by atoms with E-state index in [1.807, 2.05) is 5.92 Å². The lowest BCUT2D eigenvalue weighted by atomic mass is 10.5. The molecule has 4 nitrogen and oxygen atoms in total. The lowest BCUT2D eigenvalue weighted by Crippen LogP contribution is -2.34. The normalized spacial score (nSPS) is 8.00. The minimum Gasteiger partial charge on any atom is -0.368 e. The maximum Gasteiger partial charge on any atom is 0.298 e. The van der Waals surface area contributed by atoms with Crippen molar-refractivity contribution in [3.63, 3.8) is 0 Å². The van der Waals surface area contributed by atoms with Gasteiger partial charge in [0.25, 0.3) is 5.91 Å². The standard InChI is InChI=1S/C6H8N2O2/c1-3-6(10)8(2)4-5(7)9/h1H,4H2,2H3,(H2,7,9). The molecule has 0 aromatic carbocycles. The van der Waals surface area contributed by atoms with Gasteiger partial charge in [0.05, 0.1) is 6.54 Å². The number of hydrogen-bond acceptors (Lipinski definition) is 2. The number of primary amides is 1. The topological polar surface area (TPSA) is 63.4 Å². The summed E-state index contributed by atoms with van der Waals surface area (Å²) in [7, 11) is 1.41. The van der Waals surface area contributed by atoms with Crippen molar-refractivity contribution in [1.29, 1.82) is 0 Å². The molecule has 0 atom stereocenters. The summed E-state index contributed by atoms with van der Waals surface area (Å²) in [6, 6.07) is 0. The lowest BCUT2D eigenvalue weighted by molar-refractivity contribution is -0.129. The summed E-state index contributed by atoms with van der Waals surface area (Å²) < 4.78 is 0. The van der Waals surface area contributed by atoms with Gasteiger partial charge in [0.2, 0.25) is 5.91 Å². The predicted molar refractivity (Wildman–Crippen MR) is 35.7 cm³/mol. The number of amides is 2. The summed E-state index contributed by atoms with van der Waals surface area (Å²) in [6.07, 6.45) is 4.76. The molecule has 0 aromatic rings. The van der Waals surface area contributed by atoms with Gasteiger partial charge >= 0.3 is 0 Å². The average molecular weight is 140 g/mol. The van der Waals surface area contributed by atoms with E-state index in [1.54, 1.807) is 0 Å². The van der Waals surface area contributed by atoms with Gasteiger partial charge < -0.3 is 10.6 Å². The quantitative estimate of drug-likeness (QED) is 0.477. The van der Waals surface area contributed by atoms with Gasteiger partial charge in [0.1, 0.15) is 0 Å². The highest BCUT2D eigenvalue weighted by molar-refractivity contribution is 5.94. The van der Waals surface area contributed by atoms with Crippen LogP contribution in [0.3, 0.4) is 0 Å². The second-order valence-corrected chi connectivity index (χ2v) is 1.77. The summed E-state index contributed by atoms with van der Waals surface area (Å²) in [6.45, 7) is -0.136. The zero-order valence-electron chi connectivity index (χ0n) is 5.63. The van der Waals surface area contributed by atoms with Crippen molar-refractivity contribution in [2.24, 2.45) is 5.73 Å². The Labute approximate surface area is 59.0 Å². The van der Waals surface area contributed by atoms with Crippen molar-refractivity contribution in [2.75, 3.05) is 13.6 Å². The van der Waals surface area contributed by atoms with E-state index in [4.69, 9.17) is 12.2 Å². The van der Waals surface area contributed by atoms with E-state index in [-0.39, 0.29) is 6.54 Å². The van der Waals surface area contributed by atoms with Gasteiger partial charge in [-0.05, 0) is 5.92 Å². The van der Waals surface area contributed by atoms with Crippen LogP contribution in [0.15, 0.2) is 0 Å². The molecule has 10 heavy (non-hydrogen) atoms. The fraction of sp³-hybridized carbons (Fsp3) is 0.333. The molecule has 0 radical (unpaired) electrons. The molecule has 0 aliphatic carbocycles. The van der Waals surface area contributed by atoms with E-state index < -0.39 is 11.8 Å². The first-order valence-electron chi connectivity index (χ1n) is 2.58. The highest BCUT2D eigenvalue weighted by Crippen LogP contribution is 1.79. The average Bonchev–Trinajstić information content (AvgIpc) is 1.85. The Morgan fingerprint density at radius 2 is 2.20 bits per heavy atom. The molecule has 0 fully saturated rings. The number of rotatable bonds is 2. The molecular weight excluding hydrogens is 132 g/mol. The number of carbonyl (C=O) groups is 2. The van der Waals surface area contributed by atoms with Gasteiger partial charge in [-0.1, -0.05) is 0 Å². The lowest BCUT2D eigenvalue weighted by Gasteiger charge is -2.09. The molecule has 0 rings (SSSR count). The Bertz CT molecular complexity index is 192. The number of terminal acetylenes is 1. The van der Waals surface area contributed by atoms with Gasteiger partial charge in [-0.25, -0.2) is 0 Å². The Morgan fingerprint density at radius 3 is 2.50 bits per heavy atom. The molecule has 0 saturated heterocycles. The smallest absolute Gasteiger partial charge is 0.298 e. The highest BCUT2D eigenvalue weighted by Gasteiger charge is 2.06. The van der Waals surface area contributed by atoms with Crippen molar-refractivity contribution >= 4 is 11.8 Å². The maximum atomic E-state index is 10.5. The molecule has 0 bridgehead atoms. The Hall–Kier alpha value is -1.50. The summed E-state index contributed by atoms with van der Waals surface area (Å²) >= 11 is 0. The van der Waals surface area contributed by atoms with Crippen LogP contribution >= 0.6 is 0 Å². The maximum absolute atomic E-state index is 10.5. The van der Waals surface area contributed by atoms with E-state index in [1.165, 1.54) is 7.05 Å². The Balaban J connectivity index is 3.88. The van der Waals surface area contributed by atoms with E-state index in [9.17, 15) is 9.59 Å². The highest BCUT2D eigenvalue weighted by atomic mass is 16.2. The molecule has 0 heterocycles. The molecule has 0 spiro atoms. The number of nitrogens with two attached hydrogens (primary N) is 1. The first-order valence-corrected chi connectivity index (χ1v) is 2.58. The number of hydrogen-bond donors (Lipinski definition) is 1. The first-order chi connectivity index (χ1) is 4.57. The van der Waals surface area contributed by atoms with Crippen molar-refractivity contribution < 1.29 is 9.59 Å². The third-order valence-electron chi connectivity index (χ3n) is 0.863. The Kier molecular flexibility index (Phi) is 2.98. The second-order valence-electron chi connectivity index (χ2n) is 1.77. The van der Waals surface area contributed by atoms with Crippen LogP contribution in [0.5, 0.6) is 0 Å². The molecule has 4 heteroatoms. The summed E-state index contributed by atoms with van der Waals surface area (Å²) in [5.74, 6) is 0.729. The summed E-state index contributed by atoms with van der Waals surface area (Å²) in [5.41, 5.74) is 4.78. The zero-order valence-corrected chi connectivity index (χ0v) is 5.63. The van der Waals surface area contributed by atoms with Crippen LogP contribution in [0.1, 0.15) is 0 Å². The second kappa shape index (κ2) is 3.51.